The minimum atomic E-state index is -0.493. The first kappa shape index (κ1) is 24.1. The standard InChI is InChI=1S/C25H37N3O4/c1-8-26-22(17(2)19(4)30-20-10-9-14-27-18(20)3)31-21-11-15-28(16-25(21)12-13-25)23(29)32-24(5,6)7/h8-10,14,19,21H,11-13,15-16H2,1-7H3/b22-17+,26-8-. The van der Waals surface area contributed by atoms with Crippen LogP contribution >= 0.6 is 0 Å². The Hall–Kier alpha value is -2.57. The number of aromatic nitrogens is 1. The molecule has 7 nitrogen and oxygen atoms in total. The van der Waals surface area contributed by atoms with Crippen molar-refractivity contribution in [3.63, 3.8) is 0 Å². The average Bonchev–Trinajstić information content (AvgIpc) is 3.48. The maximum atomic E-state index is 12.6. The smallest absolute Gasteiger partial charge is 0.410 e. The molecule has 0 N–H and O–H groups in total. The molecular weight excluding hydrogens is 406 g/mol. The first-order chi connectivity index (χ1) is 15.0. The Kier molecular flexibility index (Phi) is 7.16. The number of aliphatic imine (C=N–C) groups is 1. The highest BCUT2D eigenvalue weighted by molar-refractivity contribution is 5.68. The zero-order chi connectivity index (χ0) is 23.5. The molecule has 2 heterocycles. The Balaban J connectivity index is 1.71. The number of carbonyl (C=O) groups is 1. The Morgan fingerprint density at radius 3 is 2.69 bits per heavy atom. The van der Waals surface area contributed by atoms with Crippen molar-refractivity contribution in [2.75, 3.05) is 13.1 Å². The zero-order valence-electron chi connectivity index (χ0n) is 20.5. The van der Waals surface area contributed by atoms with Gasteiger partial charge in [-0.2, -0.15) is 0 Å². The van der Waals surface area contributed by atoms with Crippen LogP contribution in [0.5, 0.6) is 5.75 Å². The van der Waals surface area contributed by atoms with E-state index in [0.717, 1.165) is 36.3 Å². The van der Waals surface area contributed by atoms with Gasteiger partial charge in [0, 0.05) is 42.9 Å². The molecule has 1 aliphatic heterocycles. The van der Waals surface area contributed by atoms with Gasteiger partial charge in [-0.25, -0.2) is 9.79 Å². The van der Waals surface area contributed by atoms with E-state index < -0.39 is 5.60 Å². The molecular formula is C25H37N3O4. The topological polar surface area (TPSA) is 73.2 Å². The molecule has 176 valence electrons. The van der Waals surface area contributed by atoms with Crippen LogP contribution in [0.1, 0.15) is 66.5 Å². The van der Waals surface area contributed by atoms with Crippen molar-refractivity contribution in [2.45, 2.75) is 85.5 Å². The van der Waals surface area contributed by atoms with Crippen LogP contribution in [0, 0.1) is 12.3 Å². The van der Waals surface area contributed by atoms with E-state index in [1.54, 1.807) is 12.4 Å². The van der Waals surface area contributed by atoms with E-state index >= 15 is 0 Å². The number of nitrogens with zero attached hydrogens (tertiary/aromatic N) is 3. The lowest BCUT2D eigenvalue weighted by atomic mass is 9.91. The van der Waals surface area contributed by atoms with Crippen LogP contribution in [-0.4, -0.2) is 53.1 Å². The highest BCUT2D eigenvalue weighted by Crippen LogP contribution is 2.54. The molecule has 1 spiro atoms. The van der Waals surface area contributed by atoms with Gasteiger partial charge in [0.2, 0.25) is 5.88 Å². The Labute approximate surface area is 191 Å². The largest absolute Gasteiger partial charge is 0.484 e. The number of piperidine rings is 1. The number of amides is 1. The lowest BCUT2D eigenvalue weighted by Crippen LogP contribution is -2.49. The normalized spacial score (nSPS) is 21.8. The van der Waals surface area contributed by atoms with Gasteiger partial charge in [0.25, 0.3) is 0 Å². The molecule has 0 bridgehead atoms. The van der Waals surface area contributed by atoms with Crippen molar-refractivity contribution in [2.24, 2.45) is 10.4 Å². The summed E-state index contributed by atoms with van der Waals surface area (Å²) in [6.45, 7) is 14.8. The molecule has 2 unspecified atom stereocenters. The number of rotatable bonds is 6. The molecule has 2 atom stereocenters. The minimum absolute atomic E-state index is 0.0159. The van der Waals surface area contributed by atoms with Gasteiger partial charge in [-0.15, -0.1) is 0 Å². The second-order valence-electron chi connectivity index (χ2n) is 9.88. The van der Waals surface area contributed by atoms with Crippen molar-refractivity contribution in [1.82, 2.24) is 9.88 Å². The second kappa shape index (κ2) is 9.51. The van der Waals surface area contributed by atoms with Gasteiger partial charge >= 0.3 is 6.09 Å². The molecule has 3 rings (SSSR count). The lowest BCUT2D eigenvalue weighted by molar-refractivity contribution is -0.0293. The molecule has 1 saturated carbocycles. The van der Waals surface area contributed by atoms with E-state index in [0.29, 0.717) is 19.0 Å². The van der Waals surface area contributed by atoms with Crippen molar-refractivity contribution in [3.8, 4) is 5.75 Å². The summed E-state index contributed by atoms with van der Waals surface area (Å²) in [5, 5.41) is 0. The number of hydrogen-bond donors (Lipinski definition) is 0. The number of likely N-dealkylation sites (tertiary alicyclic amines) is 1. The molecule has 7 heteroatoms. The van der Waals surface area contributed by atoms with Crippen LogP contribution in [-0.2, 0) is 9.47 Å². The highest BCUT2D eigenvalue weighted by Gasteiger charge is 2.55. The summed E-state index contributed by atoms with van der Waals surface area (Å²) >= 11 is 0. The highest BCUT2D eigenvalue weighted by atomic mass is 16.6. The van der Waals surface area contributed by atoms with E-state index in [2.05, 4.69) is 9.98 Å². The molecule has 1 aliphatic carbocycles. The number of aryl methyl sites for hydroxylation is 1. The first-order valence-electron chi connectivity index (χ1n) is 11.5. The van der Waals surface area contributed by atoms with Crippen LogP contribution in [0.4, 0.5) is 4.79 Å². The predicted octanol–water partition coefficient (Wildman–Crippen LogP) is 5.29. The molecule has 2 aliphatic rings. The van der Waals surface area contributed by atoms with Crippen molar-refractivity contribution in [3.05, 3.63) is 35.5 Å². The summed E-state index contributed by atoms with van der Waals surface area (Å²) in [4.78, 5) is 23.2. The maximum absolute atomic E-state index is 12.6. The average molecular weight is 444 g/mol. The van der Waals surface area contributed by atoms with Gasteiger partial charge in [0.15, 0.2) is 0 Å². The molecule has 0 radical (unpaired) electrons. The fourth-order valence-corrected chi connectivity index (χ4v) is 3.97. The maximum Gasteiger partial charge on any atom is 0.410 e. The summed E-state index contributed by atoms with van der Waals surface area (Å²) < 4.78 is 18.2. The van der Waals surface area contributed by atoms with E-state index in [4.69, 9.17) is 14.2 Å². The fraction of sp³-hybridized carbons (Fsp3) is 0.640. The monoisotopic (exact) mass is 443 g/mol. The van der Waals surface area contributed by atoms with Gasteiger partial charge in [0.05, 0.1) is 5.69 Å². The third-order valence-electron chi connectivity index (χ3n) is 6.10. The van der Waals surface area contributed by atoms with Crippen LogP contribution in [0.2, 0.25) is 0 Å². The third kappa shape index (κ3) is 5.81. The van der Waals surface area contributed by atoms with E-state index in [1.807, 2.05) is 65.5 Å². The number of hydrogen-bond acceptors (Lipinski definition) is 6. The van der Waals surface area contributed by atoms with Gasteiger partial charge in [-0.3, -0.25) is 4.98 Å². The number of ether oxygens (including phenoxy) is 3. The molecule has 2 fully saturated rings. The number of pyridine rings is 1. The Morgan fingerprint density at radius 2 is 2.09 bits per heavy atom. The van der Waals surface area contributed by atoms with Crippen molar-refractivity contribution in [1.29, 1.82) is 0 Å². The molecule has 1 aromatic rings. The van der Waals surface area contributed by atoms with Gasteiger partial charge in [0.1, 0.15) is 23.6 Å². The predicted molar refractivity (Wildman–Crippen MR) is 125 cm³/mol. The van der Waals surface area contributed by atoms with E-state index in [-0.39, 0.29) is 23.7 Å². The van der Waals surface area contributed by atoms with Gasteiger partial charge < -0.3 is 19.1 Å². The Morgan fingerprint density at radius 1 is 1.38 bits per heavy atom. The lowest BCUT2D eigenvalue weighted by Gasteiger charge is -2.39. The van der Waals surface area contributed by atoms with Gasteiger partial charge in [-0.05, 0) is 73.4 Å². The molecule has 0 aromatic carbocycles. The van der Waals surface area contributed by atoms with Crippen LogP contribution in [0.25, 0.3) is 0 Å². The van der Waals surface area contributed by atoms with Crippen molar-refractivity contribution < 1.29 is 19.0 Å². The first-order valence-corrected chi connectivity index (χ1v) is 11.5. The SMILES string of the molecule is C/C=N\C(OC1CCN(C(=O)OC(C)(C)C)CC12CC2)=C(\C)C(C)Oc1cccnc1C. The number of carbonyl (C=O) groups excluding carboxylic acids is 1. The summed E-state index contributed by atoms with van der Waals surface area (Å²) in [6, 6.07) is 3.78. The van der Waals surface area contributed by atoms with Crippen LogP contribution < -0.4 is 4.74 Å². The van der Waals surface area contributed by atoms with Crippen molar-refractivity contribution >= 4 is 12.3 Å². The summed E-state index contributed by atoms with van der Waals surface area (Å²) in [5.74, 6) is 1.35. The van der Waals surface area contributed by atoms with E-state index in [9.17, 15) is 4.79 Å². The Bertz CT molecular complexity index is 883. The van der Waals surface area contributed by atoms with Crippen LogP contribution in [0.3, 0.4) is 0 Å². The summed E-state index contributed by atoms with van der Waals surface area (Å²) in [7, 11) is 0. The zero-order valence-corrected chi connectivity index (χ0v) is 20.5. The molecule has 1 saturated heterocycles. The molecule has 32 heavy (non-hydrogen) atoms. The molecule has 1 amide bonds. The minimum Gasteiger partial charge on any atom is -0.484 e. The quantitative estimate of drug-likeness (QED) is 0.441. The van der Waals surface area contributed by atoms with Gasteiger partial charge in [-0.1, -0.05) is 0 Å². The second-order valence-corrected chi connectivity index (χ2v) is 9.88. The summed E-state index contributed by atoms with van der Waals surface area (Å²) in [6.07, 6.45) is 5.90. The fourth-order valence-electron chi connectivity index (χ4n) is 3.97. The van der Waals surface area contributed by atoms with E-state index in [1.165, 1.54) is 0 Å². The summed E-state index contributed by atoms with van der Waals surface area (Å²) in [5.41, 5.74) is 1.26. The third-order valence-corrected chi connectivity index (χ3v) is 6.10. The van der Waals surface area contributed by atoms with Crippen LogP contribution in [0.15, 0.2) is 34.8 Å². The molecule has 1 aromatic heterocycles.